The Morgan fingerprint density at radius 3 is 2.84 bits per heavy atom. The van der Waals surface area contributed by atoms with Crippen LogP contribution in [-0.4, -0.2) is 29.2 Å². The first-order chi connectivity index (χ1) is 8.90. The fourth-order valence-electron chi connectivity index (χ4n) is 2.28. The first kappa shape index (κ1) is 14.0. The van der Waals surface area contributed by atoms with Crippen LogP contribution in [0, 0.1) is 21.8 Å². The summed E-state index contributed by atoms with van der Waals surface area (Å²) in [5.41, 5.74) is 0.000592. The van der Waals surface area contributed by atoms with Crippen LogP contribution in [0.5, 0.6) is 0 Å². The molecule has 5 nitrogen and oxygen atoms in total. The Kier molecular flexibility index (Phi) is 3.91. The molecular weight excluding hydrogens is 275 g/mol. The molecule has 1 fully saturated rings. The van der Waals surface area contributed by atoms with Gasteiger partial charge in [-0.25, -0.2) is 4.39 Å². The Balaban J connectivity index is 2.38. The third-order valence-electron chi connectivity index (χ3n) is 3.41. The molecule has 1 saturated heterocycles. The summed E-state index contributed by atoms with van der Waals surface area (Å²) in [6, 6.07) is 2.12. The van der Waals surface area contributed by atoms with Crippen LogP contribution in [0.2, 0.25) is 5.02 Å². The van der Waals surface area contributed by atoms with E-state index in [1.165, 1.54) is 0 Å². The van der Waals surface area contributed by atoms with Gasteiger partial charge in [-0.2, -0.15) is 0 Å². The molecule has 0 aromatic heterocycles. The van der Waals surface area contributed by atoms with Crippen molar-refractivity contribution in [3.8, 4) is 0 Å². The minimum absolute atomic E-state index is 0.0212. The number of nitro groups is 1. The predicted molar refractivity (Wildman–Crippen MR) is 70.1 cm³/mol. The number of nitro benzene ring substituents is 1. The Labute approximate surface area is 114 Å². The minimum Gasteiger partial charge on any atom is -0.393 e. The fraction of sp³-hybridized carbons (Fsp3) is 0.500. The maximum Gasteiger partial charge on any atom is 0.294 e. The van der Waals surface area contributed by atoms with E-state index in [0.717, 1.165) is 12.1 Å². The van der Waals surface area contributed by atoms with E-state index in [0.29, 0.717) is 19.5 Å². The van der Waals surface area contributed by atoms with Crippen LogP contribution in [0.3, 0.4) is 0 Å². The number of aliphatic hydroxyl groups is 1. The van der Waals surface area contributed by atoms with E-state index in [2.05, 4.69) is 0 Å². The summed E-state index contributed by atoms with van der Waals surface area (Å²) >= 11 is 5.58. The molecule has 1 N–H and O–H groups in total. The molecule has 2 atom stereocenters. The number of benzene rings is 1. The van der Waals surface area contributed by atoms with Crippen LogP contribution in [-0.2, 0) is 0 Å². The number of nitrogens with zero attached hydrogens (tertiary/aromatic N) is 2. The smallest absolute Gasteiger partial charge is 0.294 e. The Bertz CT molecular complexity index is 512. The third kappa shape index (κ3) is 2.79. The summed E-state index contributed by atoms with van der Waals surface area (Å²) in [4.78, 5) is 12.2. The zero-order valence-electron chi connectivity index (χ0n) is 10.3. The molecule has 1 aliphatic rings. The van der Waals surface area contributed by atoms with Gasteiger partial charge in [-0.1, -0.05) is 18.5 Å². The van der Waals surface area contributed by atoms with E-state index < -0.39 is 16.8 Å². The highest BCUT2D eigenvalue weighted by molar-refractivity contribution is 6.31. The third-order valence-corrected chi connectivity index (χ3v) is 3.70. The number of hydrogen-bond donors (Lipinski definition) is 1. The zero-order valence-corrected chi connectivity index (χ0v) is 11.1. The molecule has 0 bridgehead atoms. The molecule has 19 heavy (non-hydrogen) atoms. The zero-order chi connectivity index (χ0) is 14.2. The van der Waals surface area contributed by atoms with Crippen molar-refractivity contribution in [3.05, 3.63) is 33.1 Å². The van der Waals surface area contributed by atoms with Gasteiger partial charge in [0, 0.05) is 25.2 Å². The largest absolute Gasteiger partial charge is 0.393 e. The van der Waals surface area contributed by atoms with Crippen molar-refractivity contribution in [2.45, 2.75) is 19.4 Å². The second-order valence-electron chi connectivity index (χ2n) is 4.79. The number of hydrogen-bond acceptors (Lipinski definition) is 4. The second kappa shape index (κ2) is 5.30. The molecule has 7 heteroatoms. The lowest BCUT2D eigenvalue weighted by Crippen LogP contribution is -2.42. The van der Waals surface area contributed by atoms with E-state index in [9.17, 15) is 19.6 Å². The minimum atomic E-state index is -0.680. The molecule has 1 aliphatic heterocycles. The van der Waals surface area contributed by atoms with Crippen LogP contribution >= 0.6 is 11.6 Å². The van der Waals surface area contributed by atoms with Crippen molar-refractivity contribution in [2.24, 2.45) is 5.92 Å². The van der Waals surface area contributed by atoms with Crippen molar-refractivity contribution in [3.63, 3.8) is 0 Å². The number of aliphatic hydroxyl groups excluding tert-OH is 1. The monoisotopic (exact) mass is 288 g/mol. The molecule has 0 radical (unpaired) electrons. The van der Waals surface area contributed by atoms with Crippen molar-refractivity contribution in [1.29, 1.82) is 0 Å². The molecule has 0 saturated carbocycles. The fourth-order valence-corrected chi connectivity index (χ4v) is 2.44. The van der Waals surface area contributed by atoms with Crippen LogP contribution in [0.25, 0.3) is 0 Å². The highest BCUT2D eigenvalue weighted by Crippen LogP contribution is 2.35. The molecule has 2 unspecified atom stereocenters. The van der Waals surface area contributed by atoms with Crippen LogP contribution < -0.4 is 4.90 Å². The Hall–Kier alpha value is -1.40. The predicted octanol–water partition coefficient (Wildman–Crippen LogP) is 2.59. The first-order valence-electron chi connectivity index (χ1n) is 5.96. The van der Waals surface area contributed by atoms with E-state index in [4.69, 9.17) is 11.6 Å². The van der Waals surface area contributed by atoms with Crippen molar-refractivity contribution < 1.29 is 14.4 Å². The maximum absolute atomic E-state index is 13.5. The summed E-state index contributed by atoms with van der Waals surface area (Å²) in [6.45, 7) is 2.76. The van der Waals surface area contributed by atoms with Gasteiger partial charge in [-0.15, -0.1) is 0 Å². The molecule has 1 heterocycles. The molecule has 0 aliphatic carbocycles. The SMILES string of the molecule is CC1CN(c2cc(F)c(Cl)cc2[N+](=O)[O-])CCC1O. The van der Waals surface area contributed by atoms with E-state index in [1.54, 1.807) is 4.90 Å². The van der Waals surface area contributed by atoms with E-state index in [-0.39, 0.29) is 22.3 Å². The summed E-state index contributed by atoms with van der Waals surface area (Å²) in [7, 11) is 0. The normalized spacial score (nSPS) is 23.5. The van der Waals surface area contributed by atoms with Crippen LogP contribution in [0.4, 0.5) is 15.8 Å². The average molecular weight is 289 g/mol. The first-order valence-corrected chi connectivity index (χ1v) is 6.34. The Morgan fingerprint density at radius 1 is 1.58 bits per heavy atom. The lowest BCUT2D eigenvalue weighted by Gasteiger charge is -2.35. The average Bonchev–Trinajstić information content (AvgIpc) is 2.35. The molecule has 1 aromatic carbocycles. The summed E-state index contributed by atoms with van der Waals surface area (Å²) in [5, 5.41) is 20.4. The molecule has 2 rings (SSSR count). The summed E-state index contributed by atoms with van der Waals surface area (Å²) < 4.78 is 13.5. The van der Waals surface area contributed by atoms with Gasteiger partial charge in [0.05, 0.1) is 16.0 Å². The van der Waals surface area contributed by atoms with E-state index in [1.807, 2.05) is 6.92 Å². The summed E-state index contributed by atoms with van der Waals surface area (Å²) in [5.74, 6) is -0.701. The van der Waals surface area contributed by atoms with Gasteiger partial charge < -0.3 is 10.0 Å². The molecule has 1 aromatic rings. The topological polar surface area (TPSA) is 66.6 Å². The maximum atomic E-state index is 13.5. The highest BCUT2D eigenvalue weighted by Gasteiger charge is 2.29. The molecule has 104 valence electrons. The number of anilines is 1. The van der Waals surface area contributed by atoms with Crippen LogP contribution in [0.1, 0.15) is 13.3 Å². The lowest BCUT2D eigenvalue weighted by molar-refractivity contribution is -0.384. The van der Waals surface area contributed by atoms with Crippen LogP contribution in [0.15, 0.2) is 12.1 Å². The molecular formula is C12H14ClFN2O3. The van der Waals surface area contributed by atoms with Crippen molar-refractivity contribution in [2.75, 3.05) is 18.0 Å². The molecule has 0 spiro atoms. The van der Waals surface area contributed by atoms with E-state index >= 15 is 0 Å². The van der Waals surface area contributed by atoms with Gasteiger partial charge in [0.2, 0.25) is 0 Å². The van der Waals surface area contributed by atoms with Gasteiger partial charge >= 0.3 is 0 Å². The van der Waals surface area contributed by atoms with Crippen molar-refractivity contribution in [1.82, 2.24) is 0 Å². The lowest BCUT2D eigenvalue weighted by atomic mass is 9.96. The highest BCUT2D eigenvalue weighted by atomic mass is 35.5. The number of piperidine rings is 1. The van der Waals surface area contributed by atoms with Gasteiger partial charge in [-0.3, -0.25) is 10.1 Å². The number of rotatable bonds is 2. The summed E-state index contributed by atoms with van der Waals surface area (Å²) in [6.07, 6.45) is 0.0789. The number of halogens is 2. The standard InChI is InChI=1S/C12H14ClFN2O3/c1-7-6-15(3-2-12(7)17)10-5-9(14)8(13)4-11(10)16(18)19/h4-5,7,12,17H,2-3,6H2,1H3. The van der Waals surface area contributed by atoms with Gasteiger partial charge in [0.15, 0.2) is 0 Å². The van der Waals surface area contributed by atoms with Gasteiger partial charge in [0.1, 0.15) is 11.5 Å². The van der Waals surface area contributed by atoms with Gasteiger partial charge in [0.25, 0.3) is 5.69 Å². The second-order valence-corrected chi connectivity index (χ2v) is 5.20. The van der Waals surface area contributed by atoms with Crippen molar-refractivity contribution >= 4 is 23.0 Å². The van der Waals surface area contributed by atoms with Gasteiger partial charge in [-0.05, 0) is 12.3 Å². The Morgan fingerprint density at radius 2 is 2.26 bits per heavy atom. The molecule has 0 amide bonds. The quantitative estimate of drug-likeness (QED) is 0.671.